The number of pyridine rings is 1. The second-order valence-corrected chi connectivity index (χ2v) is 11.0. The third kappa shape index (κ3) is 3.23. The number of hydrogen-bond acceptors (Lipinski definition) is 1. The zero-order valence-corrected chi connectivity index (χ0v) is 21.7. The van der Waals surface area contributed by atoms with E-state index in [0.717, 1.165) is 37.2 Å². The molecule has 0 spiro atoms. The van der Waals surface area contributed by atoms with E-state index in [1.807, 2.05) is 6.07 Å². The average molecular weight is 505 g/mol. The molecule has 8 rings (SSSR count). The largest absolute Gasteiger partial charge is 0.290 e. The van der Waals surface area contributed by atoms with E-state index >= 15 is 0 Å². The van der Waals surface area contributed by atoms with Crippen molar-refractivity contribution in [1.82, 2.24) is 4.57 Å². The first-order chi connectivity index (χ1) is 19.2. The molecule has 0 amide bonds. The minimum atomic E-state index is 0.0955. The molecule has 0 saturated heterocycles. The molecule has 0 aliphatic carbocycles. The van der Waals surface area contributed by atoms with Gasteiger partial charge in [-0.1, -0.05) is 48.5 Å². The minimum Gasteiger partial charge on any atom is -0.230 e. The van der Waals surface area contributed by atoms with Gasteiger partial charge >= 0.3 is 0 Å². The minimum absolute atomic E-state index is 0.0955. The van der Waals surface area contributed by atoms with Crippen molar-refractivity contribution in [3.63, 3.8) is 0 Å². The van der Waals surface area contributed by atoms with Gasteiger partial charge in [0.2, 0.25) is 11.4 Å². The molecule has 3 aliphatic rings. The van der Waals surface area contributed by atoms with Gasteiger partial charge in [0.15, 0.2) is 12.2 Å². The maximum atomic E-state index is 9.74. The smallest absolute Gasteiger partial charge is 0.230 e. The maximum absolute atomic E-state index is 9.74. The molecule has 0 saturated carbocycles. The van der Waals surface area contributed by atoms with Gasteiger partial charge in [-0.2, -0.15) is 9.83 Å². The van der Waals surface area contributed by atoms with Gasteiger partial charge in [0.1, 0.15) is 12.4 Å². The molecular weight excluding hydrogens is 476 g/mol. The van der Waals surface area contributed by atoms with Gasteiger partial charge in [0.05, 0.1) is 23.7 Å². The van der Waals surface area contributed by atoms with Gasteiger partial charge in [-0.15, -0.1) is 0 Å². The second-order valence-electron chi connectivity index (χ2n) is 11.0. The van der Waals surface area contributed by atoms with Gasteiger partial charge in [-0.05, 0) is 65.4 Å². The van der Waals surface area contributed by atoms with Crippen molar-refractivity contribution in [3.05, 3.63) is 126 Å². The number of hydrogen-bond donors (Lipinski definition) is 0. The molecule has 5 heterocycles. The normalized spacial score (nSPS) is 18.4. The Balaban J connectivity index is 1.39. The summed E-state index contributed by atoms with van der Waals surface area (Å²) in [7, 11) is 0. The molecule has 0 fully saturated rings. The van der Waals surface area contributed by atoms with Crippen LogP contribution in [0.15, 0.2) is 104 Å². The van der Waals surface area contributed by atoms with Gasteiger partial charge in [-0.3, -0.25) is 0 Å². The molecular formula is C35H28N4+2. The number of aromatic nitrogens is 3. The van der Waals surface area contributed by atoms with Crippen LogP contribution >= 0.6 is 0 Å². The monoisotopic (exact) mass is 504 g/mol. The van der Waals surface area contributed by atoms with E-state index in [-0.39, 0.29) is 12.0 Å². The highest BCUT2D eigenvalue weighted by Crippen LogP contribution is 2.49. The number of nitrogens with zero attached hydrogens (tertiary/aromatic N) is 4. The van der Waals surface area contributed by atoms with Gasteiger partial charge in [-0.25, -0.2) is 9.13 Å². The summed E-state index contributed by atoms with van der Waals surface area (Å²) in [6, 6.07) is 30.5. The zero-order chi connectivity index (χ0) is 26.1. The highest BCUT2D eigenvalue weighted by Gasteiger charge is 2.47. The Hall–Kier alpha value is -4.75. The van der Waals surface area contributed by atoms with E-state index in [2.05, 4.69) is 111 Å². The second kappa shape index (κ2) is 8.38. The molecule has 3 aromatic carbocycles. The summed E-state index contributed by atoms with van der Waals surface area (Å²) < 4.78 is 7.20. The lowest BCUT2D eigenvalue weighted by Gasteiger charge is -2.32. The Morgan fingerprint density at radius 2 is 1.77 bits per heavy atom. The number of imidazole rings is 1. The Morgan fingerprint density at radius 1 is 0.872 bits per heavy atom. The van der Waals surface area contributed by atoms with Crippen LogP contribution in [0.25, 0.3) is 39.5 Å². The molecule has 0 radical (unpaired) electrons. The van der Waals surface area contributed by atoms with Crippen molar-refractivity contribution in [2.75, 3.05) is 0 Å². The van der Waals surface area contributed by atoms with Crippen molar-refractivity contribution in [2.45, 2.75) is 37.8 Å². The summed E-state index contributed by atoms with van der Waals surface area (Å²) in [5.41, 5.74) is 12.0. The number of benzene rings is 3. The molecule has 2 atom stereocenters. The number of rotatable bonds is 1. The molecule has 4 heteroatoms. The van der Waals surface area contributed by atoms with Crippen LogP contribution in [-0.2, 0) is 19.4 Å². The molecule has 39 heavy (non-hydrogen) atoms. The highest BCUT2D eigenvalue weighted by atomic mass is 15.2. The number of aryl methyl sites for hydroxylation is 3. The van der Waals surface area contributed by atoms with Crippen molar-refractivity contribution in [2.24, 2.45) is 0 Å². The molecule has 0 N–H and O–H groups in total. The zero-order valence-electron chi connectivity index (χ0n) is 21.7. The van der Waals surface area contributed by atoms with Crippen molar-refractivity contribution < 1.29 is 9.13 Å². The van der Waals surface area contributed by atoms with Gasteiger partial charge in [0.25, 0.3) is 5.82 Å². The van der Waals surface area contributed by atoms with E-state index in [4.69, 9.17) is 6.58 Å². The van der Waals surface area contributed by atoms with Gasteiger partial charge in [0, 0.05) is 30.0 Å². The maximum Gasteiger partial charge on any atom is 0.290 e. The van der Waals surface area contributed by atoms with Crippen molar-refractivity contribution in [1.29, 1.82) is 5.26 Å². The van der Waals surface area contributed by atoms with E-state index in [1.165, 1.54) is 44.8 Å². The first kappa shape index (κ1) is 22.3. The average Bonchev–Trinajstić information content (AvgIpc) is 3.44. The first-order valence-corrected chi connectivity index (χ1v) is 13.8. The standard InChI is InChI=1S/C35H28N4/c1-23-34-31(30-9-5-8-26-14-16-37-18-19-39(34)35(37)33(26)30)13-11-28-20-24(22-36)10-12-29(28)32-21-27(15-17-38(23)32)25-6-3-2-4-7-25/h2-10,12,15,17-21,31,34H,1,11,13-14,16H2/q+2. The van der Waals surface area contributed by atoms with Crippen LogP contribution in [0.5, 0.6) is 0 Å². The fourth-order valence-electron chi connectivity index (χ4n) is 7.18. The summed E-state index contributed by atoms with van der Waals surface area (Å²) >= 11 is 0. The molecule has 3 aliphatic heterocycles. The Morgan fingerprint density at radius 3 is 2.64 bits per heavy atom. The van der Waals surface area contributed by atoms with Crippen LogP contribution in [0, 0.1) is 11.3 Å². The van der Waals surface area contributed by atoms with E-state index in [9.17, 15) is 5.26 Å². The van der Waals surface area contributed by atoms with Crippen molar-refractivity contribution in [3.8, 4) is 39.8 Å². The molecule has 0 bridgehead atoms. The van der Waals surface area contributed by atoms with Crippen LogP contribution in [0.2, 0.25) is 0 Å². The predicted octanol–water partition coefficient (Wildman–Crippen LogP) is 6.25. The fourth-order valence-corrected chi connectivity index (χ4v) is 7.18. The number of allylic oxidation sites excluding steroid dienone is 1. The van der Waals surface area contributed by atoms with Crippen LogP contribution in [0.4, 0.5) is 0 Å². The fraction of sp³-hybridized carbons (Fsp3) is 0.171. The van der Waals surface area contributed by atoms with Crippen LogP contribution in [0.1, 0.15) is 40.6 Å². The Labute approximate surface area is 228 Å². The van der Waals surface area contributed by atoms with Crippen LogP contribution in [-0.4, -0.2) is 4.57 Å². The first-order valence-electron chi connectivity index (χ1n) is 13.8. The quantitative estimate of drug-likeness (QED) is 0.249. The Kier molecular flexibility index (Phi) is 4.78. The van der Waals surface area contributed by atoms with E-state index in [1.54, 1.807) is 0 Å². The lowest BCUT2D eigenvalue weighted by Crippen LogP contribution is -2.45. The predicted molar refractivity (Wildman–Crippen MR) is 151 cm³/mol. The van der Waals surface area contributed by atoms with E-state index in [0.29, 0.717) is 5.56 Å². The molecule has 5 aromatic rings. The van der Waals surface area contributed by atoms with Crippen LogP contribution < -0.4 is 9.13 Å². The van der Waals surface area contributed by atoms with Gasteiger partial charge < -0.3 is 0 Å². The van der Waals surface area contributed by atoms with E-state index < -0.39 is 0 Å². The summed E-state index contributed by atoms with van der Waals surface area (Å²) in [5.74, 6) is 1.59. The summed E-state index contributed by atoms with van der Waals surface area (Å²) in [6.07, 6.45) is 9.65. The highest BCUT2D eigenvalue weighted by molar-refractivity contribution is 5.73. The SMILES string of the molecule is C=C1C2C(CCc3cc(C#N)ccc3-c3cc(-c4ccccc4)cc[n+]31)c1cccc3c1-c1n2cc[n+]1CC3. The molecule has 4 nitrogen and oxygen atoms in total. The van der Waals surface area contributed by atoms with Crippen LogP contribution in [0.3, 0.4) is 0 Å². The summed E-state index contributed by atoms with van der Waals surface area (Å²) in [5, 5.41) is 9.74. The molecule has 2 aromatic heterocycles. The summed E-state index contributed by atoms with van der Waals surface area (Å²) in [6.45, 7) is 5.80. The molecule has 2 unspecified atom stereocenters. The third-order valence-corrected chi connectivity index (χ3v) is 8.98. The number of fused-ring (bicyclic) bond motifs is 6. The number of nitriles is 1. The lowest BCUT2D eigenvalue weighted by molar-refractivity contribution is -0.687. The van der Waals surface area contributed by atoms with Crippen molar-refractivity contribution >= 4 is 5.70 Å². The Bertz CT molecular complexity index is 1850. The lowest BCUT2D eigenvalue weighted by atomic mass is 9.77. The molecule has 186 valence electrons. The summed E-state index contributed by atoms with van der Waals surface area (Å²) in [4.78, 5) is 0. The topological polar surface area (TPSA) is 36.5 Å². The third-order valence-electron chi connectivity index (χ3n) is 8.98.